The van der Waals surface area contributed by atoms with Gasteiger partial charge in [0.25, 0.3) is 11.8 Å². The first-order valence-electron chi connectivity index (χ1n) is 10.1. The van der Waals surface area contributed by atoms with E-state index in [-0.39, 0.29) is 11.6 Å². The highest BCUT2D eigenvalue weighted by molar-refractivity contribution is 7.03. The van der Waals surface area contributed by atoms with Crippen molar-refractivity contribution < 1.29 is 14.0 Å². The fourth-order valence-electron chi connectivity index (χ4n) is 3.56. The molecule has 0 saturated carbocycles. The topological polar surface area (TPSA) is 88.3 Å². The zero-order valence-corrected chi connectivity index (χ0v) is 18.5. The third kappa shape index (κ3) is 4.76. The normalized spacial score (nSPS) is 11.7. The zero-order chi connectivity index (χ0) is 22.5. The van der Waals surface area contributed by atoms with Gasteiger partial charge in [0.05, 0.1) is 6.26 Å². The Morgan fingerprint density at radius 2 is 1.81 bits per heavy atom. The molecular weight excluding hydrogens is 424 g/mol. The first-order valence-corrected chi connectivity index (χ1v) is 10.9. The maximum absolute atomic E-state index is 13.6. The number of furan rings is 1. The Labute approximate surface area is 189 Å². The highest BCUT2D eigenvalue weighted by Gasteiger charge is 2.36. The number of anilines is 1. The molecule has 2 aromatic heterocycles. The summed E-state index contributed by atoms with van der Waals surface area (Å²) in [5.41, 5.74) is 3.64. The van der Waals surface area contributed by atoms with E-state index < -0.39 is 11.9 Å². The van der Waals surface area contributed by atoms with Gasteiger partial charge >= 0.3 is 0 Å². The largest absolute Gasteiger partial charge is 0.467 e. The van der Waals surface area contributed by atoms with Gasteiger partial charge in [-0.15, -0.1) is 5.10 Å². The SMILES string of the molecule is Cc1cc(C)cc(N(C(=O)c2csnn2)[C@H](C(=O)NCc2ccccc2)c2ccco2)c1. The van der Waals surface area contributed by atoms with E-state index in [1.165, 1.54) is 11.2 Å². The van der Waals surface area contributed by atoms with E-state index in [0.717, 1.165) is 28.2 Å². The molecule has 0 aliphatic carbocycles. The summed E-state index contributed by atoms with van der Waals surface area (Å²) in [6, 6.07) is 17.7. The molecule has 0 spiro atoms. The summed E-state index contributed by atoms with van der Waals surface area (Å²) in [6.07, 6.45) is 1.49. The summed E-state index contributed by atoms with van der Waals surface area (Å²) in [5.74, 6) is -0.439. The Kier molecular flexibility index (Phi) is 6.42. The second kappa shape index (κ2) is 9.57. The molecule has 7 nitrogen and oxygen atoms in total. The third-order valence-electron chi connectivity index (χ3n) is 4.91. The standard InChI is InChI=1S/C24H22N4O3S/c1-16-11-17(2)13-19(12-16)28(24(30)20-15-32-27-26-20)22(21-9-6-10-31-21)23(29)25-14-18-7-4-3-5-8-18/h3-13,15,22H,14H2,1-2H3,(H,25,29)/t22-/m0/s1. The number of nitrogens with one attached hydrogen (secondary N) is 1. The van der Waals surface area contributed by atoms with Crippen molar-refractivity contribution in [2.75, 3.05) is 4.90 Å². The van der Waals surface area contributed by atoms with Crippen LogP contribution in [0.25, 0.3) is 0 Å². The number of aryl methyl sites for hydroxylation is 2. The molecule has 0 unspecified atom stereocenters. The molecule has 1 atom stereocenters. The Morgan fingerprint density at radius 1 is 1.06 bits per heavy atom. The number of carbonyl (C=O) groups is 2. The molecule has 0 aliphatic heterocycles. The molecular formula is C24H22N4O3S. The lowest BCUT2D eigenvalue weighted by Crippen LogP contribution is -2.44. The van der Waals surface area contributed by atoms with E-state index in [9.17, 15) is 9.59 Å². The molecule has 1 N–H and O–H groups in total. The summed E-state index contributed by atoms with van der Waals surface area (Å²) in [4.78, 5) is 28.5. The monoisotopic (exact) mass is 446 g/mol. The minimum absolute atomic E-state index is 0.168. The van der Waals surface area contributed by atoms with Crippen LogP contribution in [0.2, 0.25) is 0 Å². The molecule has 32 heavy (non-hydrogen) atoms. The minimum atomic E-state index is -1.02. The molecule has 4 rings (SSSR count). The van der Waals surface area contributed by atoms with E-state index in [0.29, 0.717) is 18.0 Å². The molecule has 0 saturated heterocycles. The van der Waals surface area contributed by atoms with Gasteiger partial charge in [-0.25, -0.2) is 0 Å². The lowest BCUT2D eigenvalue weighted by Gasteiger charge is -2.29. The van der Waals surface area contributed by atoms with Crippen LogP contribution in [-0.2, 0) is 11.3 Å². The average molecular weight is 447 g/mol. The second-order valence-electron chi connectivity index (χ2n) is 7.43. The van der Waals surface area contributed by atoms with Gasteiger partial charge in [-0.05, 0) is 66.3 Å². The first-order chi connectivity index (χ1) is 15.5. The van der Waals surface area contributed by atoms with Crippen LogP contribution in [0.4, 0.5) is 5.69 Å². The second-order valence-corrected chi connectivity index (χ2v) is 8.04. The van der Waals surface area contributed by atoms with Crippen LogP contribution in [0.15, 0.2) is 76.7 Å². The fraction of sp³-hybridized carbons (Fsp3) is 0.167. The summed E-state index contributed by atoms with van der Waals surface area (Å²) >= 11 is 1.08. The average Bonchev–Trinajstić information content (AvgIpc) is 3.50. The van der Waals surface area contributed by atoms with Crippen molar-refractivity contribution in [2.45, 2.75) is 26.4 Å². The van der Waals surface area contributed by atoms with E-state index in [1.807, 2.05) is 62.4 Å². The quantitative estimate of drug-likeness (QED) is 0.453. The van der Waals surface area contributed by atoms with Gasteiger partial charge in [0.15, 0.2) is 11.7 Å². The highest BCUT2D eigenvalue weighted by Crippen LogP contribution is 2.31. The number of nitrogens with zero attached hydrogens (tertiary/aromatic N) is 3. The molecule has 4 aromatic rings. The number of hydrogen-bond donors (Lipinski definition) is 1. The first kappa shape index (κ1) is 21.5. The Morgan fingerprint density at radius 3 is 2.44 bits per heavy atom. The molecule has 8 heteroatoms. The molecule has 0 radical (unpaired) electrons. The Balaban J connectivity index is 1.76. The van der Waals surface area contributed by atoms with Crippen LogP contribution >= 0.6 is 11.5 Å². The van der Waals surface area contributed by atoms with Gasteiger partial charge in [0.1, 0.15) is 5.76 Å². The van der Waals surface area contributed by atoms with E-state index in [4.69, 9.17) is 4.42 Å². The molecule has 0 bridgehead atoms. The molecule has 0 fully saturated rings. The number of carbonyl (C=O) groups excluding carboxylic acids is 2. The predicted molar refractivity (Wildman–Crippen MR) is 122 cm³/mol. The maximum Gasteiger partial charge on any atom is 0.280 e. The van der Waals surface area contributed by atoms with Crippen molar-refractivity contribution in [3.05, 3.63) is 100 Å². The number of rotatable bonds is 7. The van der Waals surface area contributed by atoms with Crippen molar-refractivity contribution in [3.63, 3.8) is 0 Å². The summed E-state index contributed by atoms with van der Waals surface area (Å²) in [7, 11) is 0. The summed E-state index contributed by atoms with van der Waals surface area (Å²) in [6.45, 7) is 4.21. The lowest BCUT2D eigenvalue weighted by atomic mass is 10.1. The van der Waals surface area contributed by atoms with Gasteiger partial charge in [0, 0.05) is 17.6 Å². The molecule has 162 valence electrons. The van der Waals surface area contributed by atoms with Crippen molar-refractivity contribution in [2.24, 2.45) is 0 Å². The van der Waals surface area contributed by atoms with Crippen molar-refractivity contribution in [1.29, 1.82) is 0 Å². The zero-order valence-electron chi connectivity index (χ0n) is 17.7. The van der Waals surface area contributed by atoms with Gasteiger partial charge in [-0.1, -0.05) is 40.9 Å². The smallest absolute Gasteiger partial charge is 0.280 e. The number of amides is 2. The van der Waals surface area contributed by atoms with Crippen LogP contribution in [0.1, 0.15) is 39.0 Å². The Hall–Kier alpha value is -3.78. The van der Waals surface area contributed by atoms with Crippen LogP contribution in [0, 0.1) is 13.8 Å². The summed E-state index contributed by atoms with van der Waals surface area (Å²) in [5, 5.41) is 8.45. The van der Waals surface area contributed by atoms with Crippen molar-refractivity contribution >= 4 is 29.0 Å². The minimum Gasteiger partial charge on any atom is -0.467 e. The number of hydrogen-bond acceptors (Lipinski definition) is 6. The van der Waals surface area contributed by atoms with E-state index in [2.05, 4.69) is 14.9 Å². The fourth-order valence-corrected chi connectivity index (χ4v) is 3.99. The van der Waals surface area contributed by atoms with Gasteiger partial charge < -0.3 is 9.73 Å². The van der Waals surface area contributed by atoms with Crippen molar-refractivity contribution in [1.82, 2.24) is 14.9 Å². The number of benzene rings is 2. The highest BCUT2D eigenvalue weighted by atomic mass is 32.1. The van der Waals surface area contributed by atoms with Gasteiger partial charge in [-0.3, -0.25) is 14.5 Å². The molecule has 0 aliphatic rings. The molecule has 2 aromatic carbocycles. The van der Waals surface area contributed by atoms with Gasteiger partial charge in [0.2, 0.25) is 0 Å². The van der Waals surface area contributed by atoms with E-state index in [1.54, 1.807) is 17.5 Å². The van der Waals surface area contributed by atoms with Crippen LogP contribution < -0.4 is 10.2 Å². The van der Waals surface area contributed by atoms with Crippen LogP contribution in [-0.4, -0.2) is 21.4 Å². The van der Waals surface area contributed by atoms with Crippen molar-refractivity contribution in [3.8, 4) is 0 Å². The van der Waals surface area contributed by atoms with E-state index >= 15 is 0 Å². The maximum atomic E-state index is 13.6. The molecule has 2 heterocycles. The summed E-state index contributed by atoms with van der Waals surface area (Å²) < 4.78 is 9.43. The number of aromatic nitrogens is 2. The third-order valence-corrected chi connectivity index (χ3v) is 5.42. The predicted octanol–water partition coefficient (Wildman–Crippen LogP) is 4.45. The Bertz CT molecular complexity index is 1170. The lowest BCUT2D eigenvalue weighted by molar-refractivity contribution is -0.123. The van der Waals surface area contributed by atoms with Gasteiger partial charge in [-0.2, -0.15) is 0 Å². The molecule has 2 amide bonds. The van der Waals surface area contributed by atoms with Crippen LogP contribution in [0.5, 0.6) is 0 Å². The van der Waals surface area contributed by atoms with Crippen LogP contribution in [0.3, 0.4) is 0 Å².